The van der Waals surface area contributed by atoms with E-state index in [2.05, 4.69) is 20.7 Å². The number of rotatable bonds is 3. The van der Waals surface area contributed by atoms with Gasteiger partial charge in [0.15, 0.2) is 6.33 Å². The van der Waals surface area contributed by atoms with E-state index in [-0.39, 0.29) is 18.0 Å². The summed E-state index contributed by atoms with van der Waals surface area (Å²) >= 11 is 0. The van der Waals surface area contributed by atoms with Gasteiger partial charge in [0, 0.05) is 6.07 Å². The van der Waals surface area contributed by atoms with E-state index >= 15 is 0 Å². The van der Waals surface area contributed by atoms with E-state index in [0.29, 0.717) is 5.56 Å². The van der Waals surface area contributed by atoms with Crippen LogP contribution in [0, 0.1) is 12.7 Å². The second-order valence-corrected chi connectivity index (χ2v) is 3.63. The molecule has 0 aliphatic heterocycles. The number of phenols is 1. The molecule has 0 saturated carbocycles. The highest BCUT2D eigenvalue weighted by Gasteiger charge is 2.10. The summed E-state index contributed by atoms with van der Waals surface area (Å²) in [4.78, 5) is 12.7. The Morgan fingerprint density at radius 1 is 1.56 bits per heavy atom. The first kappa shape index (κ1) is 12.0. The summed E-state index contributed by atoms with van der Waals surface area (Å²) in [6.07, 6.45) is 1.20. The quantitative estimate of drug-likeness (QED) is 0.773. The molecule has 0 fully saturated rings. The molecule has 0 atom stereocenters. The SMILES string of the molecule is Cc1cc(NC(=O)Cn2ncnn2)c(O)cc1F. The molecule has 94 valence electrons. The summed E-state index contributed by atoms with van der Waals surface area (Å²) < 4.78 is 13.1. The van der Waals surface area contributed by atoms with E-state index in [0.717, 1.165) is 10.9 Å². The Labute approximate surface area is 101 Å². The minimum atomic E-state index is -0.538. The fraction of sp³-hybridized carbons (Fsp3) is 0.200. The largest absolute Gasteiger partial charge is 0.506 e. The fourth-order valence-electron chi connectivity index (χ4n) is 1.35. The van der Waals surface area contributed by atoms with Gasteiger partial charge >= 0.3 is 0 Å². The number of tetrazole rings is 1. The standard InChI is InChI=1S/C10H10FN5O2/c1-6-2-8(9(17)3-7(6)11)14-10(18)4-16-13-5-12-15-16/h2-3,5,17H,4H2,1H3,(H,14,18). The van der Waals surface area contributed by atoms with Gasteiger partial charge in [-0.1, -0.05) is 0 Å². The van der Waals surface area contributed by atoms with Crippen molar-refractivity contribution in [2.75, 3.05) is 5.32 Å². The number of aromatic nitrogens is 4. The van der Waals surface area contributed by atoms with Crippen LogP contribution in [0.15, 0.2) is 18.5 Å². The highest BCUT2D eigenvalue weighted by atomic mass is 19.1. The van der Waals surface area contributed by atoms with Crippen molar-refractivity contribution in [3.63, 3.8) is 0 Å². The van der Waals surface area contributed by atoms with E-state index in [1.807, 2.05) is 0 Å². The highest BCUT2D eigenvalue weighted by molar-refractivity contribution is 5.92. The minimum absolute atomic E-state index is 0.138. The maximum Gasteiger partial charge on any atom is 0.248 e. The van der Waals surface area contributed by atoms with Crippen molar-refractivity contribution >= 4 is 11.6 Å². The number of nitrogens with one attached hydrogen (secondary N) is 1. The van der Waals surface area contributed by atoms with Gasteiger partial charge in [0.05, 0.1) is 5.69 Å². The molecular weight excluding hydrogens is 241 g/mol. The number of aromatic hydroxyl groups is 1. The van der Waals surface area contributed by atoms with E-state index in [4.69, 9.17) is 0 Å². The fourth-order valence-corrected chi connectivity index (χ4v) is 1.35. The van der Waals surface area contributed by atoms with Gasteiger partial charge < -0.3 is 10.4 Å². The maximum absolute atomic E-state index is 13.1. The summed E-state index contributed by atoms with van der Waals surface area (Å²) in [6.45, 7) is 1.39. The third kappa shape index (κ3) is 2.59. The van der Waals surface area contributed by atoms with Crippen LogP contribution in [-0.2, 0) is 11.3 Å². The lowest BCUT2D eigenvalue weighted by molar-refractivity contribution is -0.117. The molecule has 0 unspecified atom stereocenters. The van der Waals surface area contributed by atoms with Crippen LogP contribution in [0.5, 0.6) is 5.75 Å². The molecule has 18 heavy (non-hydrogen) atoms. The molecule has 7 nitrogen and oxygen atoms in total. The van der Waals surface area contributed by atoms with E-state index in [1.54, 1.807) is 0 Å². The lowest BCUT2D eigenvalue weighted by atomic mass is 10.2. The first-order chi connectivity index (χ1) is 8.56. The molecule has 2 N–H and O–H groups in total. The van der Waals surface area contributed by atoms with Crippen LogP contribution in [0.2, 0.25) is 0 Å². The van der Waals surface area contributed by atoms with Gasteiger partial charge in [-0.3, -0.25) is 4.79 Å². The molecular formula is C10H10FN5O2. The molecule has 0 bridgehead atoms. The number of aryl methyl sites for hydroxylation is 1. The normalized spacial score (nSPS) is 10.3. The predicted molar refractivity (Wildman–Crippen MR) is 59.2 cm³/mol. The zero-order chi connectivity index (χ0) is 13.1. The monoisotopic (exact) mass is 251 g/mol. The van der Waals surface area contributed by atoms with Crippen LogP contribution in [-0.4, -0.2) is 31.2 Å². The minimum Gasteiger partial charge on any atom is -0.506 e. The van der Waals surface area contributed by atoms with Crippen molar-refractivity contribution in [2.24, 2.45) is 0 Å². The van der Waals surface area contributed by atoms with Crippen LogP contribution in [0.1, 0.15) is 5.56 Å². The smallest absolute Gasteiger partial charge is 0.248 e. The number of halogens is 1. The first-order valence-corrected chi connectivity index (χ1v) is 5.06. The number of carbonyl (C=O) groups is 1. The van der Waals surface area contributed by atoms with Crippen LogP contribution >= 0.6 is 0 Å². The van der Waals surface area contributed by atoms with Gasteiger partial charge in [0.1, 0.15) is 18.1 Å². The average Bonchev–Trinajstić information content (AvgIpc) is 2.78. The lowest BCUT2D eigenvalue weighted by Gasteiger charge is -2.08. The van der Waals surface area contributed by atoms with Gasteiger partial charge in [-0.2, -0.15) is 4.80 Å². The summed E-state index contributed by atoms with van der Waals surface area (Å²) in [7, 11) is 0. The molecule has 0 radical (unpaired) electrons. The molecule has 0 saturated heterocycles. The maximum atomic E-state index is 13.1. The summed E-state index contributed by atoms with van der Waals surface area (Å²) in [5, 5.41) is 22.6. The van der Waals surface area contributed by atoms with Gasteiger partial charge in [0.25, 0.3) is 0 Å². The molecule has 2 aromatic rings. The Kier molecular flexibility index (Phi) is 3.18. The summed E-state index contributed by atoms with van der Waals surface area (Å²) in [5.74, 6) is -1.32. The first-order valence-electron chi connectivity index (χ1n) is 5.06. The third-order valence-electron chi connectivity index (χ3n) is 2.23. The van der Waals surface area contributed by atoms with Crippen LogP contribution in [0.4, 0.5) is 10.1 Å². The molecule has 1 heterocycles. The number of benzene rings is 1. The number of carbonyl (C=O) groups excluding carboxylic acids is 1. The van der Waals surface area contributed by atoms with E-state index in [1.165, 1.54) is 19.3 Å². The zero-order valence-corrected chi connectivity index (χ0v) is 9.46. The van der Waals surface area contributed by atoms with Crippen molar-refractivity contribution in [3.05, 3.63) is 29.8 Å². The zero-order valence-electron chi connectivity index (χ0n) is 9.46. The van der Waals surface area contributed by atoms with Gasteiger partial charge in [-0.05, 0) is 23.8 Å². The predicted octanol–water partition coefficient (Wildman–Crippen LogP) is 0.465. The second-order valence-electron chi connectivity index (χ2n) is 3.63. The Morgan fingerprint density at radius 2 is 2.33 bits per heavy atom. The molecule has 8 heteroatoms. The van der Waals surface area contributed by atoms with Crippen LogP contribution in [0.3, 0.4) is 0 Å². The number of phenolic OH excluding ortho intramolecular Hbond substituents is 1. The molecule has 2 rings (SSSR count). The van der Waals surface area contributed by atoms with Crippen molar-refractivity contribution in [3.8, 4) is 5.75 Å². The third-order valence-corrected chi connectivity index (χ3v) is 2.23. The van der Waals surface area contributed by atoms with Crippen molar-refractivity contribution in [2.45, 2.75) is 13.5 Å². The Hall–Kier alpha value is -2.51. The van der Waals surface area contributed by atoms with E-state index in [9.17, 15) is 14.3 Å². The molecule has 0 spiro atoms. The molecule has 0 aliphatic carbocycles. The van der Waals surface area contributed by atoms with Crippen LogP contribution in [0.25, 0.3) is 0 Å². The Morgan fingerprint density at radius 3 is 3.00 bits per heavy atom. The summed E-state index contributed by atoms with van der Waals surface area (Å²) in [5.41, 5.74) is 0.459. The number of anilines is 1. The van der Waals surface area contributed by atoms with Crippen molar-refractivity contribution in [1.29, 1.82) is 0 Å². The van der Waals surface area contributed by atoms with Gasteiger partial charge in [-0.15, -0.1) is 10.2 Å². The second kappa shape index (κ2) is 4.78. The van der Waals surface area contributed by atoms with Crippen molar-refractivity contribution in [1.82, 2.24) is 20.2 Å². The average molecular weight is 251 g/mol. The molecule has 1 aromatic heterocycles. The number of amides is 1. The molecule has 1 aromatic carbocycles. The lowest BCUT2D eigenvalue weighted by Crippen LogP contribution is -2.20. The molecule has 1 amide bonds. The topological polar surface area (TPSA) is 92.9 Å². The Balaban J connectivity index is 2.09. The number of hydrogen-bond acceptors (Lipinski definition) is 5. The van der Waals surface area contributed by atoms with Crippen LogP contribution < -0.4 is 5.32 Å². The number of nitrogens with zero attached hydrogens (tertiary/aromatic N) is 4. The summed E-state index contributed by atoms with van der Waals surface area (Å²) in [6, 6.07) is 2.29. The van der Waals surface area contributed by atoms with Crippen molar-refractivity contribution < 1.29 is 14.3 Å². The highest BCUT2D eigenvalue weighted by Crippen LogP contribution is 2.26. The van der Waals surface area contributed by atoms with Gasteiger partial charge in [0.2, 0.25) is 5.91 Å². The number of hydrogen-bond donors (Lipinski definition) is 2. The van der Waals surface area contributed by atoms with E-state index < -0.39 is 11.7 Å². The Bertz CT molecular complexity index is 570. The molecule has 0 aliphatic rings. The van der Waals surface area contributed by atoms with Gasteiger partial charge in [-0.25, -0.2) is 4.39 Å².